The summed E-state index contributed by atoms with van der Waals surface area (Å²) >= 11 is 0. The van der Waals surface area contributed by atoms with Crippen molar-refractivity contribution in [2.75, 3.05) is 39.9 Å². The highest BCUT2D eigenvalue weighted by atomic mass is 16.5. The van der Waals surface area contributed by atoms with Crippen molar-refractivity contribution < 1.29 is 4.74 Å². The number of ether oxygens (including phenoxy) is 1. The maximum absolute atomic E-state index is 5.27. The molecule has 2 heterocycles. The first-order chi connectivity index (χ1) is 10.7. The van der Waals surface area contributed by atoms with Gasteiger partial charge in [-0.15, -0.1) is 0 Å². The molecule has 2 rings (SSSR count). The lowest BCUT2D eigenvalue weighted by molar-refractivity contribution is 0.157. The standard InChI is InChI=1S/C16H29N5O/c1-4-17-16(20-9-6-15(12-20)13-22-3)18-10-14(2)11-21-8-5-7-19-21/h5,7-8,14-15H,4,6,9-13H2,1-3H3,(H,17,18). The molecule has 1 saturated heterocycles. The molecule has 0 saturated carbocycles. The minimum absolute atomic E-state index is 0.464. The topological polar surface area (TPSA) is 54.7 Å². The van der Waals surface area contributed by atoms with E-state index in [0.29, 0.717) is 11.8 Å². The van der Waals surface area contributed by atoms with Gasteiger partial charge >= 0.3 is 0 Å². The Bertz CT molecular complexity index is 445. The first-order valence-corrected chi connectivity index (χ1v) is 8.22. The molecule has 6 nitrogen and oxygen atoms in total. The number of aromatic nitrogens is 2. The van der Waals surface area contributed by atoms with Crippen LogP contribution < -0.4 is 5.32 Å². The van der Waals surface area contributed by atoms with Crippen LogP contribution in [0, 0.1) is 11.8 Å². The van der Waals surface area contributed by atoms with E-state index in [9.17, 15) is 0 Å². The number of likely N-dealkylation sites (tertiary alicyclic amines) is 1. The maximum atomic E-state index is 5.27. The van der Waals surface area contributed by atoms with E-state index in [0.717, 1.165) is 45.3 Å². The van der Waals surface area contributed by atoms with Crippen LogP contribution >= 0.6 is 0 Å². The Morgan fingerprint density at radius 2 is 2.41 bits per heavy atom. The van der Waals surface area contributed by atoms with E-state index in [4.69, 9.17) is 9.73 Å². The Balaban J connectivity index is 1.86. The van der Waals surface area contributed by atoms with E-state index in [1.165, 1.54) is 6.42 Å². The van der Waals surface area contributed by atoms with Crippen molar-refractivity contribution in [1.29, 1.82) is 0 Å². The molecule has 124 valence electrons. The van der Waals surface area contributed by atoms with E-state index in [2.05, 4.69) is 29.2 Å². The molecule has 0 amide bonds. The first kappa shape index (κ1) is 16.8. The summed E-state index contributed by atoms with van der Waals surface area (Å²) in [6.07, 6.45) is 5.00. The summed E-state index contributed by atoms with van der Waals surface area (Å²) in [7, 11) is 1.78. The van der Waals surface area contributed by atoms with Gasteiger partial charge in [0.25, 0.3) is 0 Å². The molecule has 6 heteroatoms. The van der Waals surface area contributed by atoms with Crippen LogP contribution in [0.2, 0.25) is 0 Å². The Morgan fingerprint density at radius 1 is 1.55 bits per heavy atom. The average molecular weight is 307 g/mol. The van der Waals surface area contributed by atoms with Crippen LogP contribution in [0.4, 0.5) is 0 Å². The molecular weight excluding hydrogens is 278 g/mol. The molecular formula is C16H29N5O. The number of nitrogens with one attached hydrogen (secondary N) is 1. The molecule has 22 heavy (non-hydrogen) atoms. The maximum Gasteiger partial charge on any atom is 0.193 e. The summed E-state index contributed by atoms with van der Waals surface area (Å²) < 4.78 is 7.24. The largest absolute Gasteiger partial charge is 0.384 e. The Morgan fingerprint density at radius 3 is 3.09 bits per heavy atom. The van der Waals surface area contributed by atoms with Gasteiger partial charge in [-0.3, -0.25) is 9.67 Å². The minimum Gasteiger partial charge on any atom is -0.384 e. The van der Waals surface area contributed by atoms with E-state index in [1.54, 1.807) is 7.11 Å². The van der Waals surface area contributed by atoms with Gasteiger partial charge in [-0.05, 0) is 25.3 Å². The Hall–Kier alpha value is -1.56. The number of nitrogens with zero attached hydrogens (tertiary/aromatic N) is 4. The third-order valence-corrected chi connectivity index (χ3v) is 3.93. The third kappa shape index (κ3) is 5.02. The van der Waals surface area contributed by atoms with Crippen LogP contribution in [0.15, 0.2) is 23.5 Å². The Kier molecular flexibility index (Phi) is 6.71. The molecule has 0 spiro atoms. The summed E-state index contributed by atoms with van der Waals surface area (Å²) in [6, 6.07) is 1.96. The van der Waals surface area contributed by atoms with Crippen molar-refractivity contribution in [3.8, 4) is 0 Å². The number of guanidine groups is 1. The average Bonchev–Trinajstić information content (AvgIpc) is 3.16. The molecule has 1 N–H and O–H groups in total. The number of rotatable bonds is 7. The molecule has 1 aliphatic rings. The molecule has 1 aromatic rings. The third-order valence-electron chi connectivity index (χ3n) is 3.93. The van der Waals surface area contributed by atoms with Crippen molar-refractivity contribution >= 4 is 5.96 Å². The summed E-state index contributed by atoms with van der Waals surface area (Å²) in [5, 5.41) is 7.67. The normalized spacial score (nSPS) is 20.4. The van der Waals surface area contributed by atoms with E-state index in [-0.39, 0.29) is 0 Å². The Labute approximate surface area is 133 Å². The molecule has 1 fully saturated rings. The predicted molar refractivity (Wildman–Crippen MR) is 88.9 cm³/mol. The first-order valence-electron chi connectivity index (χ1n) is 8.22. The zero-order chi connectivity index (χ0) is 15.8. The molecule has 0 bridgehead atoms. The van der Waals surface area contributed by atoms with Crippen molar-refractivity contribution in [3.05, 3.63) is 18.5 Å². The van der Waals surface area contributed by atoms with Gasteiger partial charge in [-0.25, -0.2) is 0 Å². The summed E-state index contributed by atoms with van der Waals surface area (Å²) in [5.74, 6) is 2.12. The van der Waals surface area contributed by atoms with Gasteiger partial charge in [0.1, 0.15) is 0 Å². The molecule has 1 aromatic heterocycles. The zero-order valence-electron chi connectivity index (χ0n) is 14.0. The second-order valence-electron chi connectivity index (χ2n) is 6.08. The predicted octanol–water partition coefficient (Wildman–Crippen LogP) is 1.45. The van der Waals surface area contributed by atoms with Crippen molar-refractivity contribution in [2.24, 2.45) is 16.8 Å². The molecule has 1 aliphatic heterocycles. The highest BCUT2D eigenvalue weighted by Gasteiger charge is 2.24. The molecule has 0 aliphatic carbocycles. The fourth-order valence-electron chi connectivity index (χ4n) is 2.85. The molecule has 0 radical (unpaired) electrons. The molecule has 2 unspecified atom stereocenters. The second-order valence-corrected chi connectivity index (χ2v) is 6.08. The molecule has 0 aromatic carbocycles. The monoisotopic (exact) mass is 307 g/mol. The van der Waals surface area contributed by atoms with Gasteiger partial charge in [0, 0.05) is 58.1 Å². The van der Waals surface area contributed by atoms with Crippen LogP contribution in [0.1, 0.15) is 20.3 Å². The van der Waals surface area contributed by atoms with Gasteiger partial charge in [0.15, 0.2) is 5.96 Å². The van der Waals surface area contributed by atoms with Gasteiger partial charge in [-0.2, -0.15) is 5.10 Å². The quantitative estimate of drug-likeness (QED) is 0.612. The van der Waals surface area contributed by atoms with Crippen molar-refractivity contribution in [1.82, 2.24) is 20.0 Å². The summed E-state index contributed by atoms with van der Waals surface area (Å²) in [6.45, 7) is 9.89. The van der Waals surface area contributed by atoms with Crippen LogP contribution in [-0.4, -0.2) is 60.5 Å². The van der Waals surface area contributed by atoms with Crippen LogP contribution in [0.25, 0.3) is 0 Å². The van der Waals surface area contributed by atoms with Crippen LogP contribution in [-0.2, 0) is 11.3 Å². The lowest BCUT2D eigenvalue weighted by Crippen LogP contribution is -2.40. The van der Waals surface area contributed by atoms with E-state index < -0.39 is 0 Å². The highest BCUT2D eigenvalue weighted by Crippen LogP contribution is 2.16. The van der Waals surface area contributed by atoms with Crippen molar-refractivity contribution in [3.63, 3.8) is 0 Å². The zero-order valence-corrected chi connectivity index (χ0v) is 14.0. The van der Waals surface area contributed by atoms with Gasteiger partial charge in [0.2, 0.25) is 0 Å². The fraction of sp³-hybridized carbons (Fsp3) is 0.750. The van der Waals surface area contributed by atoms with Gasteiger partial charge in [-0.1, -0.05) is 6.92 Å². The smallest absolute Gasteiger partial charge is 0.193 e. The SMILES string of the molecule is CCNC(=NCC(C)Cn1cccn1)N1CCC(COC)C1. The van der Waals surface area contributed by atoms with Gasteiger partial charge in [0.05, 0.1) is 6.61 Å². The van der Waals surface area contributed by atoms with E-state index in [1.807, 2.05) is 23.1 Å². The lowest BCUT2D eigenvalue weighted by Gasteiger charge is -2.22. The number of methoxy groups -OCH3 is 1. The summed E-state index contributed by atoms with van der Waals surface area (Å²) in [4.78, 5) is 7.18. The minimum atomic E-state index is 0.464. The van der Waals surface area contributed by atoms with Crippen LogP contribution in [0.3, 0.4) is 0 Å². The van der Waals surface area contributed by atoms with Crippen molar-refractivity contribution in [2.45, 2.75) is 26.8 Å². The van der Waals surface area contributed by atoms with E-state index >= 15 is 0 Å². The second kappa shape index (κ2) is 8.78. The summed E-state index contributed by atoms with van der Waals surface area (Å²) in [5.41, 5.74) is 0. The van der Waals surface area contributed by atoms with Crippen LogP contribution in [0.5, 0.6) is 0 Å². The highest BCUT2D eigenvalue weighted by molar-refractivity contribution is 5.80. The van der Waals surface area contributed by atoms with Gasteiger partial charge < -0.3 is 15.0 Å². The fourth-order valence-corrected chi connectivity index (χ4v) is 2.85. The number of hydrogen-bond acceptors (Lipinski definition) is 3. The lowest BCUT2D eigenvalue weighted by atomic mass is 10.1. The number of aliphatic imine (C=N–C) groups is 1. The molecule has 2 atom stereocenters. The number of hydrogen-bond donors (Lipinski definition) is 1.